The molecule has 4 aromatic carbocycles. The number of ether oxygens (including phenoxy) is 6. The number of pyridine rings is 2. The van der Waals surface area contributed by atoms with Crippen molar-refractivity contribution in [2.45, 2.75) is 50.8 Å². The molecule has 2 fully saturated rings. The van der Waals surface area contributed by atoms with Crippen LogP contribution in [0.3, 0.4) is 0 Å². The number of hydrogen-bond acceptors (Lipinski definition) is 18. The molecule has 0 saturated carbocycles. The van der Waals surface area contributed by atoms with Crippen LogP contribution in [0.15, 0.2) is 141 Å². The number of cyclic esters (lactones) is 2. The summed E-state index contributed by atoms with van der Waals surface area (Å²) in [6.07, 6.45) is 1.95. The first-order valence-corrected chi connectivity index (χ1v) is 29.4. The lowest BCUT2D eigenvalue weighted by molar-refractivity contribution is -0.149. The zero-order chi connectivity index (χ0) is 60.5. The largest absolute Gasteiger partial charge is 0.444 e. The molecular formula is C62H44F4N8O12S2. The molecule has 0 N–H and O–H groups in total. The molecule has 444 valence electrons. The van der Waals surface area contributed by atoms with Gasteiger partial charge in [0.05, 0.1) is 70.7 Å². The molecule has 6 aliphatic heterocycles. The Kier molecular flexibility index (Phi) is 13.1. The summed E-state index contributed by atoms with van der Waals surface area (Å²) < 4.78 is 98.4. The van der Waals surface area contributed by atoms with Gasteiger partial charge in [-0.2, -0.15) is 0 Å². The van der Waals surface area contributed by atoms with E-state index in [9.17, 15) is 37.5 Å². The Labute approximate surface area is 502 Å². The molecule has 26 heteroatoms. The first-order valence-electron chi connectivity index (χ1n) is 27.7. The number of aromatic nitrogens is 4. The van der Waals surface area contributed by atoms with E-state index in [1.54, 1.807) is 34.7 Å². The summed E-state index contributed by atoms with van der Waals surface area (Å²) in [7, 11) is 0. The summed E-state index contributed by atoms with van der Waals surface area (Å²) in [6, 6.07) is 21.1. The van der Waals surface area contributed by atoms with E-state index in [1.165, 1.54) is 80.8 Å². The van der Waals surface area contributed by atoms with E-state index in [0.717, 1.165) is 34.4 Å². The molecule has 0 spiro atoms. The maximum atomic E-state index is 15.8. The van der Waals surface area contributed by atoms with Crippen LogP contribution >= 0.6 is 22.7 Å². The normalized spacial score (nSPS) is 21.8. The molecular weight excluding hydrogens is 1190 g/mol. The molecule has 2 saturated heterocycles. The van der Waals surface area contributed by atoms with Crippen molar-refractivity contribution in [3.8, 4) is 54.9 Å². The summed E-state index contributed by atoms with van der Waals surface area (Å²) in [6.45, 7) is 4.24. The second kappa shape index (κ2) is 21.0. The number of carbonyl (C=O) groups excluding carboxylic acids is 4. The highest BCUT2D eigenvalue weighted by atomic mass is 32.1. The standard InChI is InChI=1S/2C31H22F2N4O6S/c2*1-15-12-22(43-31(15)40)42-28-20(38)8-9-36-27(28)30(39)35-10-11-41-13-21(35)37(36)26-16-4-2-3-5-17(16)29-25(34-14-44-29)23-18(26)6-7-19(32)24(23)33/h2*2-9,12,14,21-22,26H,10-11,13H2,1H3/t2*21-,22?,26-/m11/s1. The fraction of sp³-hybridized carbons (Fsp3) is 0.226. The second-order valence-corrected chi connectivity index (χ2v) is 23.2. The third-order valence-corrected chi connectivity index (χ3v) is 18.3. The minimum atomic E-state index is -1.20. The van der Waals surface area contributed by atoms with Gasteiger partial charge < -0.3 is 38.2 Å². The average Bonchev–Trinajstić information content (AvgIpc) is 1.34. The van der Waals surface area contributed by atoms with E-state index in [0.29, 0.717) is 43.4 Å². The number of amides is 2. The van der Waals surface area contributed by atoms with Crippen LogP contribution in [0.5, 0.6) is 11.5 Å². The van der Waals surface area contributed by atoms with Crippen LogP contribution in [-0.2, 0) is 28.5 Å². The van der Waals surface area contributed by atoms with Crippen LogP contribution in [0.4, 0.5) is 17.6 Å². The zero-order valence-corrected chi connectivity index (χ0v) is 47.7. The number of benzene rings is 4. The van der Waals surface area contributed by atoms with Crippen LogP contribution in [0.1, 0.15) is 69.2 Å². The lowest BCUT2D eigenvalue weighted by Gasteiger charge is -2.51. The molecule has 0 bridgehead atoms. The Bertz CT molecular complexity index is 4260. The van der Waals surface area contributed by atoms with Crippen molar-refractivity contribution in [1.29, 1.82) is 0 Å². The van der Waals surface area contributed by atoms with Crippen LogP contribution in [0.2, 0.25) is 0 Å². The highest BCUT2D eigenvalue weighted by molar-refractivity contribution is 7.14. The van der Waals surface area contributed by atoms with Crippen LogP contribution < -0.4 is 30.3 Å². The number of rotatable bonds is 6. The van der Waals surface area contributed by atoms with Crippen molar-refractivity contribution < 1.29 is 65.2 Å². The molecule has 6 atom stereocenters. The zero-order valence-electron chi connectivity index (χ0n) is 46.1. The number of nitrogens with zero attached hydrogens (tertiary/aromatic N) is 8. The van der Waals surface area contributed by atoms with Gasteiger partial charge in [-0.3, -0.25) is 38.5 Å². The maximum Gasteiger partial charge on any atom is 0.336 e. The fourth-order valence-electron chi connectivity index (χ4n) is 12.7. The number of morpholine rings is 2. The van der Waals surface area contributed by atoms with E-state index in [-0.39, 0.29) is 73.5 Å². The quantitative estimate of drug-likeness (QED) is 0.114. The molecule has 2 unspecified atom stereocenters. The van der Waals surface area contributed by atoms with E-state index in [2.05, 4.69) is 9.97 Å². The van der Waals surface area contributed by atoms with Crippen molar-refractivity contribution >= 4 is 46.4 Å². The summed E-state index contributed by atoms with van der Waals surface area (Å²) >= 11 is 2.63. The fourth-order valence-corrected chi connectivity index (χ4v) is 14.4. The Morgan fingerprint density at radius 3 is 1.36 bits per heavy atom. The Balaban J connectivity index is 0.000000148. The molecule has 4 aromatic heterocycles. The Morgan fingerprint density at radius 2 is 0.955 bits per heavy atom. The highest BCUT2D eigenvalue weighted by Gasteiger charge is 2.50. The maximum absolute atomic E-state index is 15.8. The van der Waals surface area contributed by atoms with Gasteiger partial charge in [-0.25, -0.2) is 37.1 Å². The minimum absolute atomic E-state index is 0.0141. The third-order valence-electron chi connectivity index (χ3n) is 16.6. The molecule has 8 aliphatic rings. The van der Waals surface area contributed by atoms with Gasteiger partial charge in [0.25, 0.3) is 24.4 Å². The number of halogens is 4. The highest BCUT2D eigenvalue weighted by Crippen LogP contribution is 2.52. The number of hydrogen-bond donors (Lipinski definition) is 0. The summed E-state index contributed by atoms with van der Waals surface area (Å²) in [4.78, 5) is 92.3. The van der Waals surface area contributed by atoms with Crippen LogP contribution in [0.25, 0.3) is 43.4 Å². The summed E-state index contributed by atoms with van der Waals surface area (Å²) in [5.74, 6) is -6.87. The monoisotopic (exact) mass is 1230 g/mol. The van der Waals surface area contributed by atoms with Crippen LogP contribution in [-0.4, -0.2) is 117 Å². The van der Waals surface area contributed by atoms with Gasteiger partial charge >= 0.3 is 11.9 Å². The molecule has 20 nitrogen and oxygen atoms in total. The number of carbonyl (C=O) groups is 4. The van der Waals surface area contributed by atoms with E-state index in [4.69, 9.17) is 28.4 Å². The van der Waals surface area contributed by atoms with Gasteiger partial charge in [0.1, 0.15) is 12.3 Å². The molecule has 10 heterocycles. The molecule has 8 aromatic rings. The number of esters is 2. The topological polar surface area (TPSA) is 206 Å². The first kappa shape index (κ1) is 54.9. The molecule has 16 rings (SSSR count). The predicted octanol–water partition coefficient (Wildman–Crippen LogP) is 7.96. The lowest BCUT2D eigenvalue weighted by Crippen LogP contribution is -2.66. The number of thiazole rings is 2. The van der Waals surface area contributed by atoms with Crippen molar-refractivity contribution in [1.82, 2.24) is 29.1 Å². The van der Waals surface area contributed by atoms with Crippen molar-refractivity contribution in [2.24, 2.45) is 0 Å². The van der Waals surface area contributed by atoms with Gasteiger partial charge in [-0.1, -0.05) is 60.7 Å². The predicted molar refractivity (Wildman–Crippen MR) is 307 cm³/mol. The minimum Gasteiger partial charge on any atom is -0.444 e. The molecule has 2 amide bonds. The first-order chi connectivity index (χ1) is 42.7. The van der Waals surface area contributed by atoms with Gasteiger partial charge in [0.15, 0.2) is 34.7 Å². The molecule has 2 aliphatic carbocycles. The lowest BCUT2D eigenvalue weighted by atomic mass is 9.92. The SMILES string of the molecule is CC1=CC(Oc2c3n(ccc2=O)N([C@@H]2c4ccccc4-c4scnc4-c4c2ccc(F)c4F)[C@@H]2COCCN2C3=O)OC1=O.CC1=CC(Oc2c3n(ccc2=O)N([C@@H]2c4ccccc4-c4scnc4-c4c2ccc(F)c4F)[C@@H]2COCCN2C3=O)OC1=O. The van der Waals surface area contributed by atoms with Crippen molar-refractivity contribution in [2.75, 3.05) is 49.5 Å². The van der Waals surface area contributed by atoms with Gasteiger partial charge in [0, 0.05) is 72.0 Å². The molecule has 88 heavy (non-hydrogen) atoms. The number of fused-ring (bicyclic) bond motifs is 14. The van der Waals surface area contributed by atoms with Crippen LogP contribution in [0, 0.1) is 23.3 Å². The van der Waals surface area contributed by atoms with Crippen molar-refractivity contribution in [3.05, 3.63) is 209 Å². The second-order valence-electron chi connectivity index (χ2n) is 21.4. The Morgan fingerprint density at radius 1 is 0.534 bits per heavy atom. The summed E-state index contributed by atoms with van der Waals surface area (Å²) in [5, 5.41) is 3.66. The smallest absolute Gasteiger partial charge is 0.336 e. The Hall–Kier alpha value is -9.76. The van der Waals surface area contributed by atoms with Gasteiger partial charge in [0.2, 0.25) is 22.4 Å². The van der Waals surface area contributed by atoms with E-state index in [1.807, 2.05) is 58.5 Å². The van der Waals surface area contributed by atoms with E-state index >= 15 is 8.78 Å². The molecule has 0 radical (unpaired) electrons. The average molecular weight is 1230 g/mol. The third kappa shape index (κ3) is 8.43. The van der Waals surface area contributed by atoms with Gasteiger partial charge in [-0.15, -0.1) is 22.7 Å². The van der Waals surface area contributed by atoms with Gasteiger partial charge in [-0.05, 0) is 59.4 Å². The van der Waals surface area contributed by atoms with Crippen molar-refractivity contribution in [3.63, 3.8) is 0 Å². The summed E-state index contributed by atoms with van der Waals surface area (Å²) in [5.41, 5.74) is 6.96. The van der Waals surface area contributed by atoms with E-state index < -0.39 is 94.9 Å².